The average Bonchev–Trinajstić information content (AvgIpc) is 2.49. The number of methoxy groups -OCH3 is 1. The Labute approximate surface area is 141 Å². The van der Waals surface area contributed by atoms with Gasteiger partial charge in [0, 0.05) is 5.69 Å². The lowest BCUT2D eigenvalue weighted by Gasteiger charge is -2.13. The Bertz CT molecular complexity index is 728. The minimum atomic E-state index is -0.246. The van der Waals surface area contributed by atoms with Crippen molar-refractivity contribution in [3.05, 3.63) is 52.0 Å². The molecule has 0 aromatic heterocycles. The fourth-order valence-electron chi connectivity index (χ4n) is 2.24. The summed E-state index contributed by atoms with van der Waals surface area (Å²) in [6.07, 6.45) is 0. The minimum Gasteiger partial charge on any atom is -0.495 e. The molecule has 0 spiro atoms. The molecule has 23 heavy (non-hydrogen) atoms. The molecular weight excluding hydrogens is 314 g/mol. The first kappa shape index (κ1) is 17.2. The Morgan fingerprint density at radius 2 is 1.87 bits per heavy atom. The van der Waals surface area contributed by atoms with Crippen molar-refractivity contribution in [1.82, 2.24) is 0 Å². The van der Waals surface area contributed by atoms with E-state index in [4.69, 9.17) is 21.1 Å². The predicted octanol–water partition coefficient (Wildman–Crippen LogP) is 4.29. The summed E-state index contributed by atoms with van der Waals surface area (Å²) in [6.45, 7) is 5.94. The lowest BCUT2D eigenvalue weighted by Crippen LogP contribution is -2.20. The van der Waals surface area contributed by atoms with Gasteiger partial charge < -0.3 is 14.8 Å². The number of rotatable bonds is 5. The molecule has 0 radical (unpaired) electrons. The molecule has 0 unspecified atom stereocenters. The molecule has 0 atom stereocenters. The van der Waals surface area contributed by atoms with Crippen LogP contribution in [-0.2, 0) is 4.79 Å². The van der Waals surface area contributed by atoms with Crippen molar-refractivity contribution in [2.45, 2.75) is 20.8 Å². The van der Waals surface area contributed by atoms with Gasteiger partial charge in [0.1, 0.15) is 11.5 Å². The first-order valence-electron chi connectivity index (χ1n) is 7.24. The van der Waals surface area contributed by atoms with Crippen molar-refractivity contribution in [2.75, 3.05) is 19.0 Å². The van der Waals surface area contributed by atoms with E-state index in [0.717, 1.165) is 22.4 Å². The first-order valence-corrected chi connectivity index (χ1v) is 7.62. The first-order chi connectivity index (χ1) is 10.9. The number of anilines is 1. The lowest BCUT2D eigenvalue weighted by atomic mass is 10.1. The van der Waals surface area contributed by atoms with Gasteiger partial charge in [-0.3, -0.25) is 4.79 Å². The largest absolute Gasteiger partial charge is 0.495 e. The summed E-state index contributed by atoms with van der Waals surface area (Å²) in [5.74, 6) is 1.04. The van der Waals surface area contributed by atoms with Crippen molar-refractivity contribution >= 4 is 23.2 Å². The standard InChI is InChI=1S/C18H20ClNO3/c1-11-7-12(2)13(3)17(8-11)23-10-18(21)20-14-5-6-16(22-4)15(19)9-14/h5-9H,10H2,1-4H3,(H,20,21). The van der Waals surface area contributed by atoms with Crippen molar-refractivity contribution in [3.63, 3.8) is 0 Å². The van der Waals surface area contributed by atoms with Gasteiger partial charge in [0.05, 0.1) is 12.1 Å². The third kappa shape index (κ3) is 4.39. The van der Waals surface area contributed by atoms with Crippen LogP contribution in [0.25, 0.3) is 0 Å². The third-order valence-electron chi connectivity index (χ3n) is 3.56. The van der Waals surface area contributed by atoms with Crippen molar-refractivity contribution in [1.29, 1.82) is 0 Å². The maximum atomic E-state index is 12.0. The molecule has 2 rings (SSSR count). The minimum absolute atomic E-state index is 0.0621. The van der Waals surface area contributed by atoms with Crippen LogP contribution in [0.5, 0.6) is 11.5 Å². The van der Waals surface area contributed by atoms with Crippen LogP contribution >= 0.6 is 11.6 Å². The van der Waals surface area contributed by atoms with Gasteiger partial charge in [-0.2, -0.15) is 0 Å². The van der Waals surface area contributed by atoms with E-state index in [-0.39, 0.29) is 12.5 Å². The van der Waals surface area contributed by atoms with E-state index in [1.165, 1.54) is 0 Å². The Morgan fingerprint density at radius 1 is 1.13 bits per heavy atom. The number of carbonyl (C=O) groups excluding carboxylic acids is 1. The summed E-state index contributed by atoms with van der Waals surface area (Å²) in [5, 5.41) is 3.19. The number of nitrogens with one attached hydrogen (secondary N) is 1. The van der Waals surface area contributed by atoms with Gasteiger partial charge in [0.2, 0.25) is 0 Å². The smallest absolute Gasteiger partial charge is 0.262 e. The molecule has 0 aliphatic carbocycles. The Hall–Kier alpha value is -2.20. The number of hydrogen-bond donors (Lipinski definition) is 1. The molecule has 0 aliphatic heterocycles. The van der Waals surface area contributed by atoms with E-state index in [9.17, 15) is 4.79 Å². The van der Waals surface area contributed by atoms with E-state index in [0.29, 0.717) is 16.5 Å². The second-order valence-corrected chi connectivity index (χ2v) is 5.80. The molecule has 0 aliphatic rings. The molecule has 0 bridgehead atoms. The van der Waals surface area contributed by atoms with Crippen molar-refractivity contribution < 1.29 is 14.3 Å². The van der Waals surface area contributed by atoms with Crippen LogP contribution in [0.3, 0.4) is 0 Å². The highest BCUT2D eigenvalue weighted by molar-refractivity contribution is 6.32. The van der Waals surface area contributed by atoms with Crippen LogP contribution in [0.2, 0.25) is 5.02 Å². The van der Waals surface area contributed by atoms with Crippen LogP contribution < -0.4 is 14.8 Å². The van der Waals surface area contributed by atoms with Gasteiger partial charge in [-0.05, 0) is 61.7 Å². The molecule has 1 amide bonds. The average molecular weight is 334 g/mol. The van der Waals surface area contributed by atoms with Gasteiger partial charge in [-0.1, -0.05) is 17.7 Å². The SMILES string of the molecule is COc1ccc(NC(=O)COc2cc(C)cc(C)c2C)cc1Cl. The number of hydrogen-bond acceptors (Lipinski definition) is 3. The molecule has 4 nitrogen and oxygen atoms in total. The highest BCUT2D eigenvalue weighted by Gasteiger charge is 2.09. The topological polar surface area (TPSA) is 47.6 Å². The maximum Gasteiger partial charge on any atom is 0.262 e. The molecule has 2 aromatic carbocycles. The molecular formula is C18H20ClNO3. The Kier molecular flexibility index (Phi) is 5.50. The summed E-state index contributed by atoms with van der Waals surface area (Å²) in [7, 11) is 1.54. The van der Waals surface area contributed by atoms with E-state index in [1.54, 1.807) is 25.3 Å². The van der Waals surface area contributed by atoms with E-state index in [1.807, 2.05) is 26.8 Å². The zero-order valence-corrected chi connectivity index (χ0v) is 14.5. The molecule has 5 heteroatoms. The fourth-order valence-corrected chi connectivity index (χ4v) is 2.49. The highest BCUT2D eigenvalue weighted by atomic mass is 35.5. The lowest BCUT2D eigenvalue weighted by molar-refractivity contribution is -0.118. The van der Waals surface area contributed by atoms with Crippen molar-refractivity contribution in [2.24, 2.45) is 0 Å². The van der Waals surface area contributed by atoms with Gasteiger partial charge in [-0.15, -0.1) is 0 Å². The molecule has 0 fully saturated rings. The monoisotopic (exact) mass is 333 g/mol. The molecule has 0 saturated carbocycles. The molecule has 122 valence electrons. The quantitative estimate of drug-likeness (QED) is 0.887. The van der Waals surface area contributed by atoms with E-state index in [2.05, 4.69) is 11.4 Å². The van der Waals surface area contributed by atoms with Crippen LogP contribution in [0.15, 0.2) is 30.3 Å². The Balaban J connectivity index is 1.99. The second-order valence-electron chi connectivity index (χ2n) is 5.39. The predicted molar refractivity (Wildman–Crippen MR) is 92.8 cm³/mol. The number of ether oxygens (including phenoxy) is 2. The zero-order chi connectivity index (χ0) is 17.0. The van der Waals surface area contributed by atoms with E-state index < -0.39 is 0 Å². The second kappa shape index (κ2) is 7.38. The normalized spacial score (nSPS) is 10.3. The highest BCUT2D eigenvalue weighted by Crippen LogP contribution is 2.27. The molecule has 2 aromatic rings. The number of benzene rings is 2. The van der Waals surface area contributed by atoms with Crippen LogP contribution in [0.1, 0.15) is 16.7 Å². The van der Waals surface area contributed by atoms with Gasteiger partial charge in [0.15, 0.2) is 6.61 Å². The third-order valence-corrected chi connectivity index (χ3v) is 3.85. The summed E-state index contributed by atoms with van der Waals surface area (Å²) < 4.78 is 10.7. The Morgan fingerprint density at radius 3 is 2.52 bits per heavy atom. The number of carbonyl (C=O) groups is 1. The summed E-state index contributed by atoms with van der Waals surface area (Å²) >= 11 is 6.03. The van der Waals surface area contributed by atoms with Gasteiger partial charge in [-0.25, -0.2) is 0 Å². The number of amides is 1. The summed E-state index contributed by atoms with van der Waals surface area (Å²) in [4.78, 5) is 12.0. The van der Waals surface area contributed by atoms with Crippen LogP contribution in [-0.4, -0.2) is 19.6 Å². The van der Waals surface area contributed by atoms with Crippen LogP contribution in [0, 0.1) is 20.8 Å². The zero-order valence-electron chi connectivity index (χ0n) is 13.7. The summed E-state index contributed by atoms with van der Waals surface area (Å²) in [5.41, 5.74) is 3.88. The van der Waals surface area contributed by atoms with Gasteiger partial charge in [0.25, 0.3) is 5.91 Å². The van der Waals surface area contributed by atoms with Gasteiger partial charge >= 0.3 is 0 Å². The molecule has 0 saturated heterocycles. The summed E-state index contributed by atoms with van der Waals surface area (Å²) in [6, 6.07) is 9.08. The fraction of sp³-hybridized carbons (Fsp3) is 0.278. The van der Waals surface area contributed by atoms with Crippen molar-refractivity contribution in [3.8, 4) is 11.5 Å². The molecule has 0 heterocycles. The molecule has 1 N–H and O–H groups in total. The number of halogens is 1. The van der Waals surface area contributed by atoms with Crippen LogP contribution in [0.4, 0.5) is 5.69 Å². The maximum absolute atomic E-state index is 12.0. The number of aryl methyl sites for hydroxylation is 2. The van der Waals surface area contributed by atoms with E-state index >= 15 is 0 Å².